The third kappa shape index (κ3) is 4.30. The summed E-state index contributed by atoms with van der Waals surface area (Å²) in [5.41, 5.74) is 11.7. The Balaban J connectivity index is 3.09. The normalized spacial score (nSPS) is 14.9. The zero-order chi connectivity index (χ0) is 14.6. The molecule has 108 valence electrons. The minimum absolute atomic E-state index is 0.000185. The highest BCUT2D eigenvalue weighted by molar-refractivity contribution is 7.12. The summed E-state index contributed by atoms with van der Waals surface area (Å²) in [4.78, 5) is 15.9. The summed E-state index contributed by atoms with van der Waals surface area (Å²) >= 11 is 1.74. The topological polar surface area (TPSA) is 72.3 Å². The van der Waals surface area contributed by atoms with Gasteiger partial charge in [-0.2, -0.15) is 0 Å². The van der Waals surface area contributed by atoms with E-state index in [0.717, 1.165) is 6.42 Å². The van der Waals surface area contributed by atoms with Gasteiger partial charge in [0.15, 0.2) is 0 Å². The maximum absolute atomic E-state index is 11.3. The number of carbonyl (C=O) groups excluding carboxylic acids is 1. The van der Waals surface area contributed by atoms with Gasteiger partial charge in [-0.3, -0.25) is 9.69 Å². The van der Waals surface area contributed by atoms with Crippen LogP contribution in [0.3, 0.4) is 0 Å². The Morgan fingerprint density at radius 1 is 1.42 bits per heavy atom. The molecule has 1 amide bonds. The lowest BCUT2D eigenvalue weighted by molar-refractivity contribution is -0.120. The summed E-state index contributed by atoms with van der Waals surface area (Å²) < 4.78 is 0. The van der Waals surface area contributed by atoms with Crippen LogP contribution >= 0.6 is 11.3 Å². The predicted molar refractivity (Wildman–Crippen MR) is 81.1 cm³/mol. The molecule has 0 bridgehead atoms. The van der Waals surface area contributed by atoms with Gasteiger partial charge in [-0.05, 0) is 39.3 Å². The first-order valence-electron chi connectivity index (χ1n) is 6.72. The molecule has 2 atom stereocenters. The van der Waals surface area contributed by atoms with E-state index in [1.54, 1.807) is 11.3 Å². The van der Waals surface area contributed by atoms with E-state index in [2.05, 4.69) is 44.7 Å². The van der Waals surface area contributed by atoms with E-state index in [0.29, 0.717) is 0 Å². The largest absolute Gasteiger partial charge is 0.369 e. The van der Waals surface area contributed by atoms with Gasteiger partial charge in [0.2, 0.25) is 5.91 Å². The molecule has 1 aromatic rings. The van der Waals surface area contributed by atoms with Crippen molar-refractivity contribution in [1.82, 2.24) is 4.90 Å². The molecule has 5 heteroatoms. The smallest absolute Gasteiger partial charge is 0.231 e. The molecule has 0 aromatic carbocycles. The Morgan fingerprint density at radius 3 is 2.42 bits per heavy atom. The monoisotopic (exact) mass is 283 g/mol. The standard InChI is InChI=1S/C14H25N3OS/c1-5-11(15)14(12-7-6-10(4)19-12)17(9(2)3)8-13(16)18/h6-7,9,11,14H,5,8,15H2,1-4H3,(H2,16,18). The highest BCUT2D eigenvalue weighted by Gasteiger charge is 2.29. The quantitative estimate of drug-likeness (QED) is 0.804. The van der Waals surface area contributed by atoms with Crippen LogP contribution in [0.1, 0.15) is 43.0 Å². The Morgan fingerprint density at radius 2 is 2.05 bits per heavy atom. The summed E-state index contributed by atoms with van der Waals surface area (Å²) in [6, 6.07) is 4.47. The minimum atomic E-state index is -0.310. The van der Waals surface area contributed by atoms with Crippen molar-refractivity contribution in [2.24, 2.45) is 11.5 Å². The molecule has 0 aliphatic carbocycles. The highest BCUT2D eigenvalue weighted by atomic mass is 32.1. The summed E-state index contributed by atoms with van der Waals surface area (Å²) in [5.74, 6) is -0.310. The number of aryl methyl sites for hydroxylation is 1. The van der Waals surface area contributed by atoms with E-state index in [1.165, 1.54) is 9.75 Å². The number of carbonyl (C=O) groups is 1. The van der Waals surface area contributed by atoms with E-state index in [-0.39, 0.29) is 30.6 Å². The Bertz CT molecular complexity index is 417. The third-order valence-electron chi connectivity index (χ3n) is 3.29. The van der Waals surface area contributed by atoms with Crippen LogP contribution in [-0.2, 0) is 4.79 Å². The van der Waals surface area contributed by atoms with Crippen LogP contribution in [0, 0.1) is 6.92 Å². The van der Waals surface area contributed by atoms with Crippen LogP contribution in [0.5, 0.6) is 0 Å². The van der Waals surface area contributed by atoms with Crippen molar-refractivity contribution in [3.8, 4) is 0 Å². The summed E-state index contributed by atoms with van der Waals surface area (Å²) in [6.45, 7) is 8.53. The van der Waals surface area contributed by atoms with Crippen molar-refractivity contribution in [2.45, 2.75) is 52.2 Å². The van der Waals surface area contributed by atoms with Crippen molar-refractivity contribution in [3.63, 3.8) is 0 Å². The third-order valence-corrected chi connectivity index (χ3v) is 4.36. The number of amides is 1. The van der Waals surface area contributed by atoms with Crippen LogP contribution in [0.15, 0.2) is 12.1 Å². The van der Waals surface area contributed by atoms with E-state index < -0.39 is 0 Å². The average Bonchev–Trinajstić information content (AvgIpc) is 2.73. The molecule has 0 aliphatic heterocycles. The summed E-state index contributed by atoms with van der Waals surface area (Å²) in [5, 5.41) is 0. The molecule has 1 heterocycles. The fourth-order valence-corrected chi connectivity index (χ4v) is 3.31. The zero-order valence-electron chi connectivity index (χ0n) is 12.2. The molecule has 1 aromatic heterocycles. The molecule has 4 nitrogen and oxygen atoms in total. The molecule has 0 aliphatic rings. The van der Waals surface area contributed by atoms with Crippen LogP contribution in [0.25, 0.3) is 0 Å². The average molecular weight is 283 g/mol. The molecular weight excluding hydrogens is 258 g/mol. The van der Waals surface area contributed by atoms with Gasteiger partial charge >= 0.3 is 0 Å². The van der Waals surface area contributed by atoms with Crippen LogP contribution in [-0.4, -0.2) is 29.4 Å². The minimum Gasteiger partial charge on any atom is -0.369 e. The van der Waals surface area contributed by atoms with Gasteiger partial charge in [0.05, 0.1) is 12.6 Å². The van der Waals surface area contributed by atoms with Gasteiger partial charge in [0.1, 0.15) is 0 Å². The van der Waals surface area contributed by atoms with Crippen LogP contribution < -0.4 is 11.5 Å². The summed E-state index contributed by atoms with van der Waals surface area (Å²) in [7, 11) is 0. The first-order valence-corrected chi connectivity index (χ1v) is 7.54. The van der Waals surface area contributed by atoms with Crippen LogP contribution in [0.4, 0.5) is 0 Å². The molecule has 0 spiro atoms. The van der Waals surface area contributed by atoms with Crippen molar-refractivity contribution in [2.75, 3.05) is 6.54 Å². The molecule has 4 N–H and O–H groups in total. The second-order valence-corrected chi connectivity index (χ2v) is 6.52. The number of primary amides is 1. The van der Waals surface area contributed by atoms with Gasteiger partial charge in [-0.1, -0.05) is 6.92 Å². The van der Waals surface area contributed by atoms with Gasteiger partial charge in [-0.25, -0.2) is 0 Å². The number of nitrogens with two attached hydrogens (primary N) is 2. The van der Waals surface area contributed by atoms with Gasteiger partial charge in [-0.15, -0.1) is 11.3 Å². The van der Waals surface area contributed by atoms with Crippen molar-refractivity contribution in [3.05, 3.63) is 21.9 Å². The lowest BCUT2D eigenvalue weighted by Gasteiger charge is -2.36. The lowest BCUT2D eigenvalue weighted by atomic mass is 10.0. The number of hydrogen-bond donors (Lipinski definition) is 2. The highest BCUT2D eigenvalue weighted by Crippen LogP contribution is 2.31. The number of nitrogens with zero attached hydrogens (tertiary/aromatic N) is 1. The van der Waals surface area contributed by atoms with Gasteiger partial charge in [0, 0.05) is 21.8 Å². The van der Waals surface area contributed by atoms with Gasteiger partial charge in [0.25, 0.3) is 0 Å². The SMILES string of the molecule is CCC(N)C(c1ccc(C)s1)N(CC(N)=O)C(C)C. The van der Waals surface area contributed by atoms with E-state index in [4.69, 9.17) is 11.5 Å². The maximum atomic E-state index is 11.3. The molecular formula is C14H25N3OS. The number of thiophene rings is 1. The molecule has 19 heavy (non-hydrogen) atoms. The molecule has 0 saturated carbocycles. The number of hydrogen-bond acceptors (Lipinski definition) is 4. The number of rotatable bonds is 7. The van der Waals surface area contributed by atoms with Crippen molar-refractivity contribution < 1.29 is 4.79 Å². The van der Waals surface area contributed by atoms with Gasteiger partial charge < -0.3 is 11.5 Å². The lowest BCUT2D eigenvalue weighted by Crippen LogP contribution is -2.47. The van der Waals surface area contributed by atoms with Crippen molar-refractivity contribution >= 4 is 17.2 Å². The molecule has 0 radical (unpaired) electrons. The van der Waals surface area contributed by atoms with Crippen molar-refractivity contribution in [1.29, 1.82) is 0 Å². The molecule has 0 saturated heterocycles. The fraction of sp³-hybridized carbons (Fsp3) is 0.643. The second-order valence-electron chi connectivity index (χ2n) is 5.20. The Labute approximate surface area is 119 Å². The van der Waals surface area contributed by atoms with E-state index in [9.17, 15) is 4.79 Å². The molecule has 2 unspecified atom stereocenters. The molecule has 0 fully saturated rings. The maximum Gasteiger partial charge on any atom is 0.231 e. The first-order chi connectivity index (χ1) is 8.86. The Kier molecular flexibility index (Phi) is 5.97. The van der Waals surface area contributed by atoms with Crippen LogP contribution in [0.2, 0.25) is 0 Å². The van der Waals surface area contributed by atoms with E-state index in [1.807, 2.05) is 0 Å². The summed E-state index contributed by atoms with van der Waals surface area (Å²) in [6.07, 6.45) is 0.865. The van der Waals surface area contributed by atoms with E-state index >= 15 is 0 Å². The molecule has 1 rings (SSSR count). The zero-order valence-corrected chi connectivity index (χ0v) is 13.0. The Hall–Kier alpha value is -0.910. The predicted octanol–water partition coefficient (Wildman–Crippen LogP) is 2.03. The first kappa shape index (κ1) is 16.1. The second kappa shape index (κ2) is 7.03. The fourth-order valence-electron chi connectivity index (χ4n) is 2.24.